The third-order valence-corrected chi connectivity index (χ3v) is 6.82. The lowest BCUT2D eigenvalue weighted by atomic mass is 9.81. The first kappa shape index (κ1) is 20.0. The molecule has 2 aliphatic rings. The van der Waals surface area contributed by atoms with Gasteiger partial charge >= 0.3 is 0 Å². The summed E-state index contributed by atoms with van der Waals surface area (Å²) < 4.78 is 44.9. The van der Waals surface area contributed by atoms with Crippen LogP contribution in [0.5, 0.6) is 0 Å². The lowest BCUT2D eigenvalue weighted by Gasteiger charge is -2.45. The molecule has 5 heterocycles. The Hall–Kier alpha value is -3.62. The first-order chi connectivity index (χ1) is 15.9. The van der Waals surface area contributed by atoms with E-state index in [0.29, 0.717) is 23.5 Å². The molecule has 33 heavy (non-hydrogen) atoms. The molecule has 1 aromatic carbocycles. The summed E-state index contributed by atoms with van der Waals surface area (Å²) in [4.78, 5) is 19.9. The fraction of sp³-hybridized carbons (Fsp3) is 0.292. The maximum absolute atomic E-state index is 14.0. The van der Waals surface area contributed by atoms with E-state index >= 15 is 0 Å². The first-order valence-corrected chi connectivity index (χ1v) is 10.9. The fourth-order valence-electron chi connectivity index (χ4n) is 5.46. The van der Waals surface area contributed by atoms with Gasteiger partial charge < -0.3 is 4.90 Å². The van der Waals surface area contributed by atoms with Crippen LogP contribution in [0.4, 0.5) is 13.2 Å². The third kappa shape index (κ3) is 2.91. The molecule has 4 aromatic rings. The maximum atomic E-state index is 14.0. The minimum atomic E-state index is -1.49. The number of rotatable bonds is 2. The third-order valence-electron chi connectivity index (χ3n) is 6.82. The van der Waals surface area contributed by atoms with Crippen molar-refractivity contribution in [3.05, 3.63) is 77.1 Å². The van der Waals surface area contributed by atoms with E-state index in [1.54, 1.807) is 34.6 Å². The average Bonchev–Trinajstić information content (AvgIpc) is 3.40. The van der Waals surface area contributed by atoms with E-state index in [4.69, 9.17) is 0 Å². The molecule has 0 spiro atoms. The van der Waals surface area contributed by atoms with Crippen molar-refractivity contribution in [3.63, 3.8) is 0 Å². The molecule has 1 saturated heterocycles. The molecule has 2 aliphatic heterocycles. The summed E-state index contributed by atoms with van der Waals surface area (Å²) in [6.07, 6.45) is 6.47. The fourth-order valence-corrected chi connectivity index (χ4v) is 5.46. The van der Waals surface area contributed by atoms with Gasteiger partial charge in [0.1, 0.15) is 11.3 Å². The Morgan fingerprint density at radius 1 is 1.12 bits per heavy atom. The highest BCUT2D eigenvalue weighted by Gasteiger charge is 2.44. The van der Waals surface area contributed by atoms with Gasteiger partial charge in [-0.2, -0.15) is 5.10 Å². The number of hydrogen-bond acceptors (Lipinski definition) is 3. The van der Waals surface area contributed by atoms with Crippen LogP contribution in [0.25, 0.3) is 16.9 Å². The van der Waals surface area contributed by atoms with E-state index < -0.39 is 17.5 Å². The van der Waals surface area contributed by atoms with E-state index in [2.05, 4.69) is 10.1 Å². The summed E-state index contributed by atoms with van der Waals surface area (Å²) in [7, 11) is 1.70. The van der Waals surface area contributed by atoms with Crippen molar-refractivity contribution in [1.82, 2.24) is 24.1 Å². The molecule has 1 fully saturated rings. The van der Waals surface area contributed by atoms with Gasteiger partial charge in [-0.05, 0) is 49.9 Å². The van der Waals surface area contributed by atoms with Gasteiger partial charge in [0.05, 0.1) is 17.4 Å². The van der Waals surface area contributed by atoms with Crippen molar-refractivity contribution in [3.8, 4) is 11.3 Å². The number of nitrogens with zero attached hydrogens (tertiary/aromatic N) is 5. The van der Waals surface area contributed by atoms with Gasteiger partial charge in [-0.15, -0.1) is 0 Å². The molecular formula is C24H20F3N5O. The van der Waals surface area contributed by atoms with Gasteiger partial charge in [0.2, 0.25) is 0 Å². The SMILES string of the molecule is Cn1nc2c(c1-c1cc(F)c(F)c(F)c1)C[C@H]1CCC[C@@H]2N1C(=O)c1cccc2nccn12. The van der Waals surface area contributed by atoms with Gasteiger partial charge in [0, 0.05) is 36.6 Å². The Morgan fingerprint density at radius 3 is 2.70 bits per heavy atom. The molecule has 2 atom stereocenters. The zero-order valence-electron chi connectivity index (χ0n) is 17.8. The Bertz CT molecular complexity index is 1400. The van der Waals surface area contributed by atoms with Crippen molar-refractivity contribution >= 4 is 11.6 Å². The summed E-state index contributed by atoms with van der Waals surface area (Å²) in [5.74, 6) is -4.05. The highest BCUT2D eigenvalue weighted by atomic mass is 19.2. The highest BCUT2D eigenvalue weighted by Crippen LogP contribution is 2.45. The number of carbonyl (C=O) groups is 1. The lowest BCUT2D eigenvalue weighted by Crippen LogP contribution is -2.50. The van der Waals surface area contributed by atoms with Crippen LogP contribution in [0.2, 0.25) is 0 Å². The zero-order chi connectivity index (χ0) is 22.9. The van der Waals surface area contributed by atoms with Crippen LogP contribution < -0.4 is 0 Å². The molecule has 0 N–H and O–H groups in total. The minimum absolute atomic E-state index is 0.0689. The summed E-state index contributed by atoms with van der Waals surface area (Å²) in [6, 6.07) is 7.14. The quantitative estimate of drug-likeness (QED) is 0.424. The number of piperidine rings is 1. The van der Waals surface area contributed by atoms with Crippen molar-refractivity contribution < 1.29 is 18.0 Å². The molecule has 6 rings (SSSR count). The predicted molar refractivity (Wildman–Crippen MR) is 114 cm³/mol. The van der Waals surface area contributed by atoms with Gasteiger partial charge in [0.25, 0.3) is 5.91 Å². The highest BCUT2D eigenvalue weighted by molar-refractivity contribution is 5.94. The van der Waals surface area contributed by atoms with Crippen molar-refractivity contribution in [2.75, 3.05) is 0 Å². The second-order valence-electron chi connectivity index (χ2n) is 8.67. The Morgan fingerprint density at radius 2 is 1.91 bits per heavy atom. The van der Waals surface area contributed by atoms with Crippen LogP contribution >= 0.6 is 0 Å². The van der Waals surface area contributed by atoms with E-state index in [9.17, 15) is 18.0 Å². The van der Waals surface area contributed by atoms with E-state index in [1.807, 2.05) is 17.0 Å². The normalized spacial score (nSPS) is 19.7. The number of halogens is 3. The van der Waals surface area contributed by atoms with Gasteiger partial charge in [0.15, 0.2) is 17.5 Å². The summed E-state index contributed by atoms with van der Waals surface area (Å²) >= 11 is 0. The number of benzene rings is 1. The van der Waals surface area contributed by atoms with Crippen LogP contribution in [-0.2, 0) is 13.5 Å². The van der Waals surface area contributed by atoms with Gasteiger partial charge in [-0.1, -0.05) is 6.07 Å². The molecule has 0 radical (unpaired) electrons. The zero-order valence-corrected chi connectivity index (χ0v) is 17.8. The number of aromatic nitrogens is 4. The van der Waals surface area contributed by atoms with E-state index in [-0.39, 0.29) is 23.6 Å². The molecule has 9 heteroatoms. The molecule has 3 aromatic heterocycles. The molecule has 2 bridgehead atoms. The largest absolute Gasteiger partial charge is 0.325 e. The minimum Gasteiger partial charge on any atom is -0.325 e. The van der Waals surface area contributed by atoms with Crippen molar-refractivity contribution in [1.29, 1.82) is 0 Å². The topological polar surface area (TPSA) is 55.4 Å². The second-order valence-corrected chi connectivity index (χ2v) is 8.67. The smallest absolute Gasteiger partial charge is 0.271 e. The Balaban J connectivity index is 1.46. The number of pyridine rings is 1. The lowest BCUT2D eigenvalue weighted by molar-refractivity contribution is 0.0384. The van der Waals surface area contributed by atoms with Crippen molar-refractivity contribution in [2.24, 2.45) is 7.05 Å². The molecule has 6 nitrogen and oxygen atoms in total. The number of aryl methyl sites for hydroxylation is 1. The van der Waals surface area contributed by atoms with E-state index in [0.717, 1.165) is 42.7 Å². The standard InChI is InChI=1S/C24H20F3N5O/c1-30-23(13-10-16(25)21(27)17(26)11-13)15-12-14-4-2-5-18(22(15)29-30)32(14)24(33)19-6-3-7-20-28-8-9-31(19)20/h3,6-11,14,18H,2,4-5,12H2,1H3/t14-,18+/m1/s1. The number of hydrogen-bond donors (Lipinski definition) is 0. The maximum Gasteiger partial charge on any atom is 0.271 e. The molecule has 1 amide bonds. The van der Waals surface area contributed by atoms with Gasteiger partial charge in [-0.25, -0.2) is 18.2 Å². The van der Waals surface area contributed by atoms with Crippen LogP contribution in [0.1, 0.15) is 47.1 Å². The van der Waals surface area contributed by atoms with Crippen LogP contribution in [-0.4, -0.2) is 36.0 Å². The number of fused-ring (bicyclic) bond motifs is 5. The Kier molecular flexibility index (Phi) is 4.36. The van der Waals surface area contributed by atoms with Crippen molar-refractivity contribution in [2.45, 2.75) is 37.8 Å². The summed E-state index contributed by atoms with van der Waals surface area (Å²) in [5, 5.41) is 4.67. The predicted octanol–water partition coefficient (Wildman–Crippen LogP) is 4.44. The monoisotopic (exact) mass is 451 g/mol. The Labute approximate surface area is 187 Å². The first-order valence-electron chi connectivity index (χ1n) is 10.9. The second kappa shape index (κ2) is 7.19. The average molecular weight is 451 g/mol. The number of amides is 1. The number of carbonyl (C=O) groups excluding carboxylic acids is 1. The molecule has 168 valence electrons. The van der Waals surface area contributed by atoms with E-state index in [1.165, 1.54) is 0 Å². The molecular weight excluding hydrogens is 431 g/mol. The van der Waals surface area contributed by atoms with Crippen LogP contribution in [0, 0.1) is 17.5 Å². The number of imidazole rings is 1. The van der Waals surface area contributed by atoms with Crippen LogP contribution in [0.15, 0.2) is 42.7 Å². The van der Waals surface area contributed by atoms with Gasteiger partial charge in [-0.3, -0.25) is 13.9 Å². The molecule has 0 saturated carbocycles. The summed E-state index contributed by atoms with van der Waals surface area (Å²) in [5.41, 5.74) is 3.63. The summed E-state index contributed by atoms with van der Waals surface area (Å²) in [6.45, 7) is 0. The molecule has 0 aliphatic carbocycles. The molecule has 0 unspecified atom stereocenters. The van der Waals surface area contributed by atoms with Crippen LogP contribution in [0.3, 0.4) is 0 Å².